The van der Waals surface area contributed by atoms with Gasteiger partial charge in [0.15, 0.2) is 5.15 Å². The van der Waals surface area contributed by atoms with Crippen LogP contribution in [0.3, 0.4) is 0 Å². The molecule has 0 atom stereocenters. The Balaban J connectivity index is 2.04. The van der Waals surface area contributed by atoms with Crippen LogP contribution in [-0.4, -0.2) is 34.9 Å². The zero-order valence-corrected chi connectivity index (χ0v) is 15.6. The summed E-state index contributed by atoms with van der Waals surface area (Å²) in [6.07, 6.45) is 2.79. The minimum atomic E-state index is -4.03. The standard InChI is InChI=1S/C16H16ClN5O3S/c1-16(2,9-23)22-8-13(15(17)20-22)26(24,25)21-12-5-3-4-11-10(6-18)7-19-14(11)12/h3-5,7-8,19,21,23H,9H2,1-2H3. The number of rotatable bonds is 5. The molecule has 3 rings (SSSR count). The van der Waals surface area contributed by atoms with E-state index >= 15 is 0 Å². The summed E-state index contributed by atoms with van der Waals surface area (Å²) >= 11 is 6.02. The van der Waals surface area contributed by atoms with Crippen molar-refractivity contribution >= 4 is 38.2 Å². The number of sulfonamides is 1. The maximum atomic E-state index is 12.8. The number of hydrogen-bond donors (Lipinski definition) is 3. The van der Waals surface area contributed by atoms with Crippen molar-refractivity contribution < 1.29 is 13.5 Å². The highest BCUT2D eigenvalue weighted by atomic mass is 35.5. The van der Waals surface area contributed by atoms with Crippen LogP contribution in [0.4, 0.5) is 5.69 Å². The summed E-state index contributed by atoms with van der Waals surface area (Å²) in [5.74, 6) is 0. The van der Waals surface area contributed by atoms with Crippen LogP contribution in [0, 0.1) is 11.3 Å². The Labute approximate surface area is 155 Å². The lowest BCUT2D eigenvalue weighted by Gasteiger charge is -2.21. The predicted molar refractivity (Wildman–Crippen MR) is 97.5 cm³/mol. The fourth-order valence-corrected chi connectivity index (χ4v) is 3.94. The molecule has 8 nitrogen and oxygen atoms in total. The van der Waals surface area contributed by atoms with E-state index in [4.69, 9.17) is 16.9 Å². The molecule has 3 N–H and O–H groups in total. The van der Waals surface area contributed by atoms with E-state index < -0.39 is 15.6 Å². The van der Waals surface area contributed by atoms with Gasteiger partial charge in [0.05, 0.1) is 28.9 Å². The molecule has 0 bridgehead atoms. The second-order valence-corrected chi connectivity index (χ2v) is 8.36. The van der Waals surface area contributed by atoms with Crippen LogP contribution in [0.25, 0.3) is 10.9 Å². The molecule has 136 valence electrons. The average Bonchev–Trinajstić information content (AvgIpc) is 3.19. The van der Waals surface area contributed by atoms with Crippen LogP contribution in [0.1, 0.15) is 19.4 Å². The highest BCUT2D eigenvalue weighted by Crippen LogP contribution is 2.29. The van der Waals surface area contributed by atoms with Crippen LogP contribution in [-0.2, 0) is 15.6 Å². The average molecular weight is 394 g/mol. The molecule has 0 amide bonds. The monoisotopic (exact) mass is 393 g/mol. The lowest BCUT2D eigenvalue weighted by Crippen LogP contribution is -2.30. The summed E-state index contributed by atoms with van der Waals surface area (Å²) in [7, 11) is -4.03. The lowest BCUT2D eigenvalue weighted by molar-refractivity contribution is 0.152. The molecule has 3 aromatic rings. The molecular weight excluding hydrogens is 378 g/mol. The van der Waals surface area contributed by atoms with E-state index in [1.165, 1.54) is 17.1 Å². The molecule has 26 heavy (non-hydrogen) atoms. The Morgan fingerprint density at radius 3 is 2.85 bits per heavy atom. The minimum absolute atomic E-state index is 0.199. The summed E-state index contributed by atoms with van der Waals surface area (Å²) in [6.45, 7) is 3.16. The number of nitrogens with zero attached hydrogens (tertiary/aromatic N) is 3. The first-order valence-electron chi connectivity index (χ1n) is 7.59. The summed E-state index contributed by atoms with van der Waals surface area (Å²) < 4.78 is 29.3. The molecule has 1 aromatic carbocycles. The Kier molecular flexibility index (Phi) is 4.44. The second-order valence-electron chi connectivity index (χ2n) is 6.35. The number of H-pyrrole nitrogens is 1. The summed E-state index contributed by atoms with van der Waals surface area (Å²) in [5, 5.41) is 22.9. The number of nitrogens with one attached hydrogen (secondary N) is 2. The molecule has 10 heteroatoms. The van der Waals surface area contributed by atoms with Crippen LogP contribution in [0.2, 0.25) is 5.15 Å². The number of hydrogen-bond acceptors (Lipinski definition) is 5. The number of anilines is 1. The van der Waals surface area contributed by atoms with Crippen molar-refractivity contribution in [3.05, 3.63) is 41.3 Å². The van der Waals surface area contributed by atoms with Gasteiger partial charge in [0.2, 0.25) is 0 Å². The number of nitriles is 1. The van der Waals surface area contributed by atoms with Crippen LogP contribution >= 0.6 is 11.6 Å². The molecule has 0 unspecified atom stereocenters. The minimum Gasteiger partial charge on any atom is -0.394 e. The molecule has 0 aliphatic heterocycles. The van der Waals surface area contributed by atoms with E-state index in [-0.39, 0.29) is 22.3 Å². The second kappa shape index (κ2) is 6.32. The van der Waals surface area contributed by atoms with Gasteiger partial charge in [0.1, 0.15) is 11.0 Å². The molecule has 2 aromatic heterocycles. The van der Waals surface area contributed by atoms with Crippen molar-refractivity contribution in [3.8, 4) is 6.07 Å². The van der Waals surface area contributed by atoms with E-state index in [1.54, 1.807) is 32.0 Å². The molecule has 0 fully saturated rings. The number of aromatic nitrogens is 3. The maximum absolute atomic E-state index is 12.8. The highest BCUT2D eigenvalue weighted by Gasteiger charge is 2.28. The number of benzene rings is 1. The third-order valence-corrected chi connectivity index (χ3v) is 5.77. The van der Waals surface area contributed by atoms with E-state index in [1.807, 2.05) is 6.07 Å². The fraction of sp³-hybridized carbons (Fsp3) is 0.250. The normalized spacial score (nSPS) is 12.3. The van der Waals surface area contributed by atoms with E-state index in [2.05, 4.69) is 14.8 Å². The van der Waals surface area contributed by atoms with Gasteiger partial charge in [0, 0.05) is 17.8 Å². The molecular formula is C16H16ClN5O3S. The molecule has 0 saturated heterocycles. The van der Waals surface area contributed by atoms with E-state index in [0.29, 0.717) is 16.5 Å². The summed E-state index contributed by atoms with van der Waals surface area (Å²) in [4.78, 5) is 2.69. The quantitative estimate of drug-likeness (QED) is 0.614. The number of aliphatic hydroxyl groups excluding tert-OH is 1. The molecule has 0 spiro atoms. The third kappa shape index (κ3) is 3.03. The molecule has 0 aliphatic rings. The van der Waals surface area contributed by atoms with Gasteiger partial charge in [-0.1, -0.05) is 23.7 Å². The molecule has 0 radical (unpaired) electrons. The van der Waals surface area contributed by atoms with Crippen LogP contribution in [0.5, 0.6) is 0 Å². The van der Waals surface area contributed by atoms with E-state index in [9.17, 15) is 13.5 Å². The Morgan fingerprint density at radius 2 is 2.19 bits per heavy atom. The molecule has 0 saturated carbocycles. The zero-order valence-electron chi connectivity index (χ0n) is 14.0. The van der Waals surface area contributed by atoms with Crippen molar-refractivity contribution in [2.75, 3.05) is 11.3 Å². The molecule has 0 aliphatic carbocycles. The van der Waals surface area contributed by atoms with Gasteiger partial charge in [0.25, 0.3) is 10.0 Å². The van der Waals surface area contributed by atoms with Gasteiger partial charge in [-0.2, -0.15) is 10.4 Å². The largest absolute Gasteiger partial charge is 0.394 e. The smallest absolute Gasteiger partial charge is 0.266 e. The first-order valence-corrected chi connectivity index (χ1v) is 9.45. The Bertz CT molecular complexity index is 1120. The first-order chi connectivity index (χ1) is 12.2. The first kappa shape index (κ1) is 18.3. The Morgan fingerprint density at radius 1 is 1.46 bits per heavy atom. The van der Waals surface area contributed by atoms with Crippen molar-refractivity contribution in [2.24, 2.45) is 0 Å². The van der Waals surface area contributed by atoms with Crippen molar-refractivity contribution in [2.45, 2.75) is 24.3 Å². The zero-order chi connectivity index (χ0) is 19.1. The fourth-order valence-electron chi connectivity index (χ4n) is 2.43. The van der Waals surface area contributed by atoms with Gasteiger partial charge in [-0.15, -0.1) is 0 Å². The van der Waals surface area contributed by atoms with Gasteiger partial charge in [-0.25, -0.2) is 8.42 Å². The van der Waals surface area contributed by atoms with Gasteiger partial charge >= 0.3 is 0 Å². The van der Waals surface area contributed by atoms with Crippen molar-refractivity contribution in [3.63, 3.8) is 0 Å². The maximum Gasteiger partial charge on any atom is 0.266 e. The van der Waals surface area contributed by atoms with Crippen molar-refractivity contribution in [1.82, 2.24) is 14.8 Å². The summed E-state index contributed by atoms with van der Waals surface area (Å²) in [6, 6.07) is 6.98. The van der Waals surface area contributed by atoms with Gasteiger partial charge < -0.3 is 10.1 Å². The Hall–Kier alpha value is -2.54. The lowest BCUT2D eigenvalue weighted by atomic mass is 10.1. The molecule has 2 heterocycles. The third-order valence-electron chi connectivity index (χ3n) is 4.02. The highest BCUT2D eigenvalue weighted by molar-refractivity contribution is 7.92. The predicted octanol–water partition coefficient (Wildman–Crippen LogP) is 2.42. The number of aromatic amines is 1. The number of para-hydroxylation sites is 1. The van der Waals surface area contributed by atoms with Crippen LogP contribution in [0.15, 0.2) is 35.5 Å². The number of fused-ring (bicyclic) bond motifs is 1. The SMILES string of the molecule is CC(C)(CO)n1cc(S(=O)(=O)Nc2cccc3c(C#N)c[nH]c23)c(Cl)n1. The summed E-state index contributed by atoms with van der Waals surface area (Å²) in [5.41, 5.74) is 0.385. The topological polar surface area (TPSA) is 124 Å². The van der Waals surface area contributed by atoms with E-state index in [0.717, 1.165) is 0 Å². The van der Waals surface area contributed by atoms with Crippen LogP contribution < -0.4 is 4.72 Å². The number of aliphatic hydroxyl groups is 1. The number of halogens is 1. The van der Waals surface area contributed by atoms with Crippen molar-refractivity contribution in [1.29, 1.82) is 5.26 Å². The van der Waals surface area contributed by atoms with Gasteiger partial charge in [-0.05, 0) is 19.9 Å². The van der Waals surface area contributed by atoms with Gasteiger partial charge in [-0.3, -0.25) is 9.40 Å².